The van der Waals surface area contributed by atoms with Crippen LogP contribution in [0.2, 0.25) is 0 Å². The molecule has 4 heterocycles. The molecule has 1 unspecified atom stereocenters. The maximum Gasteiger partial charge on any atom is 0.148 e. The molecule has 3 fully saturated rings. The van der Waals surface area contributed by atoms with Crippen LogP contribution in [0.5, 0.6) is 0 Å². The number of hydrogen-bond donors (Lipinski definition) is 2. The van der Waals surface area contributed by atoms with Crippen LogP contribution in [0.3, 0.4) is 0 Å². The standard InChI is InChI=1S/C38H50FN7/c1-26-9-13-37(28(3)41-26)46-29(4)34-12-11-33(25-35(34)30(46)5)42(6)17-7-8-27(2)43-20-22-44(23-21-43)32-15-18-45(19-16-32)38-14-10-31(40)24-36(38)39/h10-12,14,24-25,32,37,41H,1-5,7-9,13,15-23,40H2,6H3. The second-order valence-electron chi connectivity index (χ2n) is 13.3. The van der Waals surface area contributed by atoms with Crippen LogP contribution in [0.1, 0.15) is 44.6 Å². The van der Waals surface area contributed by atoms with Crippen molar-refractivity contribution in [2.45, 2.75) is 50.6 Å². The number of nitrogen functional groups attached to an aromatic ring is 1. The Bertz CT molecular complexity index is 1730. The highest BCUT2D eigenvalue weighted by Crippen LogP contribution is 2.29. The van der Waals surface area contributed by atoms with Gasteiger partial charge in [-0.3, -0.25) is 4.90 Å². The van der Waals surface area contributed by atoms with E-state index in [4.69, 9.17) is 5.73 Å². The van der Waals surface area contributed by atoms with Crippen LogP contribution in [0.4, 0.5) is 21.5 Å². The summed E-state index contributed by atoms with van der Waals surface area (Å²) in [4.78, 5) is 9.59. The molecule has 3 aromatic rings. The molecule has 3 saturated heterocycles. The van der Waals surface area contributed by atoms with Gasteiger partial charge in [0.1, 0.15) is 5.82 Å². The first-order valence-corrected chi connectivity index (χ1v) is 16.7. The lowest BCUT2D eigenvalue weighted by Gasteiger charge is -2.44. The molecular formula is C38H50FN7. The average Bonchev–Trinajstić information content (AvgIpc) is 3.29. The van der Waals surface area contributed by atoms with E-state index in [-0.39, 0.29) is 11.9 Å². The van der Waals surface area contributed by atoms with Gasteiger partial charge in [-0.25, -0.2) is 4.39 Å². The molecule has 6 rings (SSSR count). The van der Waals surface area contributed by atoms with Gasteiger partial charge in [-0.1, -0.05) is 39.0 Å². The fraction of sp³-hybridized carbons (Fsp3) is 0.421. The largest absolute Gasteiger partial charge is 0.399 e. The summed E-state index contributed by atoms with van der Waals surface area (Å²) >= 11 is 0. The Morgan fingerprint density at radius 1 is 0.935 bits per heavy atom. The Labute approximate surface area is 273 Å². The summed E-state index contributed by atoms with van der Waals surface area (Å²) in [7, 11) is 2.17. The number of halogens is 1. The third-order valence-corrected chi connectivity index (χ3v) is 10.4. The second kappa shape index (κ2) is 13.3. The number of nitrogens with two attached hydrogens (primary N) is 1. The van der Waals surface area contributed by atoms with E-state index in [2.05, 4.69) is 87.6 Å². The molecule has 1 atom stereocenters. The monoisotopic (exact) mass is 623 g/mol. The van der Waals surface area contributed by atoms with Crippen LogP contribution in [-0.2, 0) is 0 Å². The maximum atomic E-state index is 14.4. The number of nitrogens with one attached hydrogen (secondary N) is 1. The molecule has 0 saturated carbocycles. The number of benzene rings is 2. The smallest absolute Gasteiger partial charge is 0.148 e. The Hall–Kier alpha value is -4.17. The van der Waals surface area contributed by atoms with Gasteiger partial charge in [0, 0.05) is 109 Å². The van der Waals surface area contributed by atoms with Crippen molar-refractivity contribution in [1.29, 1.82) is 0 Å². The lowest BCUT2D eigenvalue weighted by molar-refractivity contribution is 0.0997. The summed E-state index contributed by atoms with van der Waals surface area (Å²) < 4.78 is 16.7. The van der Waals surface area contributed by atoms with Crippen molar-refractivity contribution in [3.05, 3.63) is 89.7 Å². The number of fused-ring (bicyclic) bond motifs is 1. The SMILES string of the molecule is C=C1CCC(n2c(=C)c3ccc(N(C)CCCC(=C)N4CCN(C5CCN(c6ccc(N)cc6F)CC5)CC4)cc3c2=C)C(=C)N1. The molecule has 7 nitrogen and oxygen atoms in total. The third-order valence-electron chi connectivity index (χ3n) is 10.4. The van der Waals surface area contributed by atoms with Gasteiger partial charge in [-0.15, -0.1) is 0 Å². The van der Waals surface area contributed by atoms with Gasteiger partial charge in [0.2, 0.25) is 0 Å². The van der Waals surface area contributed by atoms with E-state index in [0.29, 0.717) is 17.4 Å². The van der Waals surface area contributed by atoms with Gasteiger partial charge >= 0.3 is 0 Å². The number of allylic oxidation sites excluding steroid dienone is 3. The zero-order valence-corrected chi connectivity index (χ0v) is 27.5. The molecule has 3 N–H and O–H groups in total. The number of anilines is 3. The van der Waals surface area contributed by atoms with E-state index in [0.717, 1.165) is 117 Å². The quantitative estimate of drug-likeness (QED) is 0.322. The van der Waals surface area contributed by atoms with Crippen molar-refractivity contribution in [2.75, 3.05) is 68.4 Å². The second-order valence-corrected chi connectivity index (χ2v) is 13.3. The number of piperidine rings is 2. The average molecular weight is 624 g/mol. The molecule has 1 aromatic heterocycles. The Kier molecular flexibility index (Phi) is 9.18. The van der Waals surface area contributed by atoms with Crippen molar-refractivity contribution < 1.29 is 4.39 Å². The molecule has 8 heteroatoms. The Morgan fingerprint density at radius 2 is 1.65 bits per heavy atom. The summed E-state index contributed by atoms with van der Waals surface area (Å²) in [5.74, 6) is -0.223. The number of aromatic nitrogens is 1. The maximum absolute atomic E-state index is 14.4. The minimum atomic E-state index is -0.223. The molecule has 3 aliphatic heterocycles. The van der Waals surface area contributed by atoms with Gasteiger partial charge in [0.05, 0.1) is 11.7 Å². The predicted molar refractivity (Wildman–Crippen MR) is 193 cm³/mol. The predicted octanol–water partition coefficient (Wildman–Crippen LogP) is 5.15. The summed E-state index contributed by atoms with van der Waals surface area (Å²) in [5.41, 5.74) is 11.3. The van der Waals surface area contributed by atoms with E-state index in [1.54, 1.807) is 6.07 Å². The van der Waals surface area contributed by atoms with E-state index < -0.39 is 0 Å². The lowest BCUT2D eigenvalue weighted by Crippen LogP contribution is -2.53. The molecule has 3 aliphatic rings. The minimum absolute atomic E-state index is 0.131. The zero-order chi connectivity index (χ0) is 32.5. The van der Waals surface area contributed by atoms with Crippen LogP contribution in [-0.4, -0.2) is 73.3 Å². The number of rotatable bonds is 9. The van der Waals surface area contributed by atoms with Crippen LogP contribution in [0.25, 0.3) is 23.9 Å². The fourth-order valence-electron chi connectivity index (χ4n) is 7.66. The molecule has 0 amide bonds. The van der Waals surface area contributed by atoms with Gasteiger partial charge < -0.3 is 30.3 Å². The Morgan fingerprint density at radius 3 is 2.35 bits per heavy atom. The molecule has 0 bridgehead atoms. The molecule has 2 aromatic carbocycles. The number of nitrogens with zero attached hydrogens (tertiary/aromatic N) is 5. The van der Waals surface area contributed by atoms with E-state index in [1.165, 1.54) is 17.5 Å². The zero-order valence-electron chi connectivity index (χ0n) is 27.5. The third kappa shape index (κ3) is 6.41. The normalized spacial score (nSPS) is 19.9. The molecule has 0 radical (unpaired) electrons. The van der Waals surface area contributed by atoms with Crippen molar-refractivity contribution in [1.82, 2.24) is 19.7 Å². The summed E-state index contributed by atoms with van der Waals surface area (Å²) in [6.07, 6.45) is 6.02. The van der Waals surface area contributed by atoms with Crippen molar-refractivity contribution in [2.24, 2.45) is 0 Å². The van der Waals surface area contributed by atoms with Gasteiger partial charge in [-0.05, 0) is 68.9 Å². The van der Waals surface area contributed by atoms with E-state index >= 15 is 0 Å². The first-order chi connectivity index (χ1) is 22.1. The fourth-order valence-corrected chi connectivity index (χ4v) is 7.66. The van der Waals surface area contributed by atoms with E-state index in [9.17, 15) is 4.39 Å². The van der Waals surface area contributed by atoms with Crippen molar-refractivity contribution >= 4 is 41.0 Å². The Balaban J connectivity index is 0.968. The highest BCUT2D eigenvalue weighted by atomic mass is 19.1. The van der Waals surface area contributed by atoms with Crippen LogP contribution in [0, 0.1) is 5.82 Å². The van der Waals surface area contributed by atoms with E-state index in [1.807, 2.05) is 6.07 Å². The highest BCUT2D eigenvalue weighted by molar-refractivity contribution is 5.87. The van der Waals surface area contributed by atoms with Crippen LogP contribution < -0.4 is 31.5 Å². The molecule has 0 spiro atoms. The lowest BCUT2D eigenvalue weighted by atomic mass is 10.0. The minimum Gasteiger partial charge on any atom is -0.399 e. The van der Waals surface area contributed by atoms with Gasteiger partial charge in [0.25, 0.3) is 0 Å². The first kappa shape index (κ1) is 31.8. The highest BCUT2D eigenvalue weighted by Gasteiger charge is 2.29. The molecular weight excluding hydrogens is 573 g/mol. The summed E-state index contributed by atoms with van der Waals surface area (Å²) in [5, 5.41) is 7.61. The summed E-state index contributed by atoms with van der Waals surface area (Å²) in [6.45, 7) is 28.5. The van der Waals surface area contributed by atoms with Crippen molar-refractivity contribution in [3.63, 3.8) is 0 Å². The number of piperazine rings is 1. The first-order valence-electron chi connectivity index (χ1n) is 16.7. The van der Waals surface area contributed by atoms with Crippen LogP contribution >= 0.6 is 0 Å². The van der Waals surface area contributed by atoms with Crippen molar-refractivity contribution in [3.8, 4) is 0 Å². The topological polar surface area (TPSA) is 55.9 Å². The molecule has 46 heavy (non-hydrogen) atoms. The summed E-state index contributed by atoms with van der Waals surface area (Å²) in [6, 6.07) is 12.3. The van der Waals surface area contributed by atoms with Gasteiger partial charge in [0.15, 0.2) is 0 Å². The van der Waals surface area contributed by atoms with Crippen LogP contribution in [0.15, 0.2) is 73.2 Å². The molecule has 244 valence electrons. The molecule has 0 aliphatic carbocycles. The van der Waals surface area contributed by atoms with Gasteiger partial charge in [-0.2, -0.15) is 0 Å². The number of hydrogen-bond acceptors (Lipinski definition) is 6.